The molecule has 1 N–H and O–H groups in total. The van der Waals surface area contributed by atoms with Crippen molar-refractivity contribution in [3.05, 3.63) is 73.7 Å². The number of nitrogens with zero attached hydrogens (tertiary/aromatic N) is 1. The topological polar surface area (TPSA) is 50.7 Å². The number of anilines is 1. The number of benzene rings is 2. The van der Waals surface area contributed by atoms with Gasteiger partial charge in [-0.1, -0.05) is 29.4 Å². The maximum Gasteiger partial charge on any atom is 0.257 e. The summed E-state index contributed by atoms with van der Waals surface area (Å²) in [5.41, 5.74) is 2.97. The SMILES string of the molecule is CO/N=C/c1ccc(-c2ccccc2NC(=O)c2ccsc2I)cc1F. The molecule has 3 rings (SSSR count). The Morgan fingerprint density at radius 2 is 2.08 bits per heavy atom. The van der Waals surface area contributed by atoms with Crippen LogP contribution in [0.2, 0.25) is 0 Å². The van der Waals surface area contributed by atoms with Gasteiger partial charge in [-0.15, -0.1) is 11.3 Å². The van der Waals surface area contributed by atoms with E-state index in [9.17, 15) is 9.18 Å². The van der Waals surface area contributed by atoms with E-state index in [0.717, 1.165) is 8.45 Å². The largest absolute Gasteiger partial charge is 0.399 e. The zero-order valence-corrected chi connectivity index (χ0v) is 16.7. The summed E-state index contributed by atoms with van der Waals surface area (Å²) in [6, 6.07) is 13.9. The van der Waals surface area contributed by atoms with Crippen LogP contribution in [0.15, 0.2) is 59.1 Å². The third-order valence-corrected chi connectivity index (χ3v) is 5.69. The number of para-hydroxylation sites is 1. The van der Waals surface area contributed by atoms with Crippen molar-refractivity contribution in [1.82, 2.24) is 0 Å². The molecular formula is C19H14FIN2O2S. The highest BCUT2D eigenvalue weighted by Crippen LogP contribution is 2.30. The van der Waals surface area contributed by atoms with Crippen LogP contribution >= 0.6 is 33.9 Å². The van der Waals surface area contributed by atoms with E-state index in [1.54, 1.807) is 24.3 Å². The summed E-state index contributed by atoms with van der Waals surface area (Å²) in [6.45, 7) is 0. The van der Waals surface area contributed by atoms with Crippen molar-refractivity contribution in [1.29, 1.82) is 0 Å². The van der Waals surface area contributed by atoms with E-state index in [1.807, 2.05) is 23.6 Å². The second-order valence-electron chi connectivity index (χ2n) is 5.26. The Hall–Kier alpha value is -2.26. The molecule has 0 unspecified atom stereocenters. The molecule has 4 nitrogen and oxygen atoms in total. The molecule has 1 amide bonds. The smallest absolute Gasteiger partial charge is 0.257 e. The third-order valence-electron chi connectivity index (χ3n) is 3.65. The summed E-state index contributed by atoms with van der Waals surface area (Å²) < 4.78 is 15.2. The number of hydrogen-bond acceptors (Lipinski definition) is 4. The Balaban J connectivity index is 1.92. The lowest BCUT2D eigenvalue weighted by Gasteiger charge is -2.12. The lowest BCUT2D eigenvalue weighted by atomic mass is 10.0. The van der Waals surface area contributed by atoms with Crippen molar-refractivity contribution < 1.29 is 14.0 Å². The van der Waals surface area contributed by atoms with Gasteiger partial charge in [0.2, 0.25) is 0 Å². The van der Waals surface area contributed by atoms with Gasteiger partial charge in [-0.25, -0.2) is 4.39 Å². The predicted octanol–water partition coefficient (Wildman–Crippen LogP) is 5.39. The minimum absolute atomic E-state index is 0.188. The van der Waals surface area contributed by atoms with E-state index >= 15 is 0 Å². The molecule has 0 bridgehead atoms. The van der Waals surface area contributed by atoms with Gasteiger partial charge in [0.25, 0.3) is 5.91 Å². The molecule has 1 aromatic heterocycles. The highest BCUT2D eigenvalue weighted by molar-refractivity contribution is 14.1. The van der Waals surface area contributed by atoms with Crippen molar-refractivity contribution >= 4 is 51.7 Å². The lowest BCUT2D eigenvalue weighted by Crippen LogP contribution is -2.12. The normalized spacial score (nSPS) is 10.9. The van der Waals surface area contributed by atoms with E-state index in [1.165, 1.54) is 30.7 Å². The standard InChI is InChI=1S/C19H14FIN2O2S/c1-25-22-11-13-7-6-12(10-16(13)20)14-4-2-3-5-17(14)23-19(24)15-8-9-26-18(15)21/h2-11H,1H3,(H,23,24)/b22-11+. The van der Waals surface area contributed by atoms with E-state index in [4.69, 9.17) is 0 Å². The first-order valence-corrected chi connectivity index (χ1v) is 9.56. The number of oxime groups is 1. The average molecular weight is 480 g/mol. The van der Waals surface area contributed by atoms with E-state index in [-0.39, 0.29) is 5.91 Å². The summed E-state index contributed by atoms with van der Waals surface area (Å²) in [5, 5.41) is 8.37. The van der Waals surface area contributed by atoms with E-state index in [2.05, 4.69) is 37.9 Å². The Morgan fingerprint density at radius 1 is 1.27 bits per heavy atom. The highest BCUT2D eigenvalue weighted by Gasteiger charge is 2.14. The van der Waals surface area contributed by atoms with Crippen molar-refractivity contribution in [3.63, 3.8) is 0 Å². The first-order valence-electron chi connectivity index (χ1n) is 7.60. The second-order valence-corrected chi connectivity index (χ2v) is 7.99. The van der Waals surface area contributed by atoms with Crippen molar-refractivity contribution in [2.45, 2.75) is 0 Å². The number of carbonyl (C=O) groups excluding carboxylic acids is 1. The van der Waals surface area contributed by atoms with E-state index < -0.39 is 5.82 Å². The van der Waals surface area contributed by atoms with Gasteiger partial charge in [0.1, 0.15) is 12.9 Å². The molecule has 132 valence electrons. The molecule has 0 radical (unpaired) electrons. The van der Waals surface area contributed by atoms with Gasteiger partial charge in [0.05, 0.1) is 14.7 Å². The van der Waals surface area contributed by atoms with Crippen LogP contribution in [0, 0.1) is 8.70 Å². The zero-order valence-electron chi connectivity index (χ0n) is 13.7. The van der Waals surface area contributed by atoms with Crippen LogP contribution in [0.5, 0.6) is 0 Å². The Kier molecular flexibility index (Phi) is 6.00. The number of rotatable bonds is 5. The van der Waals surface area contributed by atoms with Crippen LogP contribution in [-0.4, -0.2) is 19.2 Å². The molecule has 0 fully saturated rings. The molecule has 0 saturated heterocycles. The summed E-state index contributed by atoms with van der Waals surface area (Å²) in [4.78, 5) is 17.1. The summed E-state index contributed by atoms with van der Waals surface area (Å²) in [7, 11) is 1.40. The Morgan fingerprint density at radius 3 is 2.77 bits per heavy atom. The molecule has 1 heterocycles. The number of carbonyl (C=O) groups is 1. The monoisotopic (exact) mass is 480 g/mol. The molecule has 0 aliphatic rings. The fraction of sp³-hybridized carbons (Fsp3) is 0.0526. The first kappa shape index (κ1) is 18.5. The van der Waals surface area contributed by atoms with Crippen LogP contribution < -0.4 is 5.32 Å². The number of amides is 1. The summed E-state index contributed by atoms with van der Waals surface area (Å²) in [6.07, 6.45) is 1.31. The maximum atomic E-state index is 14.3. The quantitative estimate of drug-likeness (QED) is 0.303. The van der Waals surface area contributed by atoms with Gasteiger partial charge >= 0.3 is 0 Å². The molecule has 0 aliphatic heterocycles. The van der Waals surface area contributed by atoms with E-state index in [0.29, 0.717) is 22.4 Å². The molecule has 0 atom stereocenters. The summed E-state index contributed by atoms with van der Waals surface area (Å²) >= 11 is 3.65. The van der Waals surface area contributed by atoms with Crippen molar-refractivity contribution in [3.8, 4) is 11.1 Å². The molecule has 7 heteroatoms. The second kappa shape index (κ2) is 8.41. The van der Waals surface area contributed by atoms with Crippen molar-refractivity contribution in [2.75, 3.05) is 12.4 Å². The predicted molar refractivity (Wildman–Crippen MR) is 111 cm³/mol. The minimum Gasteiger partial charge on any atom is -0.399 e. The summed E-state index contributed by atoms with van der Waals surface area (Å²) in [5.74, 6) is -0.607. The highest BCUT2D eigenvalue weighted by atomic mass is 127. The number of nitrogens with one attached hydrogen (secondary N) is 1. The van der Waals surface area contributed by atoms with Crippen LogP contribution in [0.1, 0.15) is 15.9 Å². The average Bonchev–Trinajstić information content (AvgIpc) is 3.07. The van der Waals surface area contributed by atoms with Gasteiger partial charge in [0.15, 0.2) is 0 Å². The molecule has 2 aromatic carbocycles. The van der Waals surface area contributed by atoms with Crippen LogP contribution in [0.4, 0.5) is 10.1 Å². The molecule has 0 saturated carbocycles. The third kappa shape index (κ3) is 4.10. The van der Waals surface area contributed by atoms with Gasteiger partial charge in [-0.05, 0) is 57.8 Å². The molecular weight excluding hydrogens is 466 g/mol. The number of hydrogen-bond donors (Lipinski definition) is 1. The maximum absolute atomic E-state index is 14.3. The van der Waals surface area contributed by atoms with Crippen LogP contribution in [0.3, 0.4) is 0 Å². The van der Waals surface area contributed by atoms with Crippen LogP contribution in [0.25, 0.3) is 11.1 Å². The van der Waals surface area contributed by atoms with Gasteiger partial charge < -0.3 is 10.2 Å². The number of thiophene rings is 1. The zero-order chi connectivity index (χ0) is 18.5. The Bertz CT molecular complexity index is 972. The molecule has 3 aromatic rings. The Labute approximate surface area is 167 Å². The lowest BCUT2D eigenvalue weighted by molar-refractivity contribution is 0.102. The van der Waals surface area contributed by atoms with Gasteiger partial charge in [-0.3, -0.25) is 4.79 Å². The van der Waals surface area contributed by atoms with Crippen molar-refractivity contribution in [2.24, 2.45) is 5.16 Å². The molecule has 26 heavy (non-hydrogen) atoms. The number of halogens is 2. The van der Waals surface area contributed by atoms with Crippen LogP contribution in [-0.2, 0) is 4.84 Å². The molecule has 0 spiro atoms. The molecule has 0 aliphatic carbocycles. The fourth-order valence-electron chi connectivity index (χ4n) is 2.40. The fourth-order valence-corrected chi connectivity index (χ4v) is 3.87. The first-order chi connectivity index (χ1) is 12.6. The van der Waals surface area contributed by atoms with Gasteiger partial charge in [0, 0.05) is 16.8 Å². The minimum atomic E-state index is -0.420. The van der Waals surface area contributed by atoms with Gasteiger partial charge in [-0.2, -0.15) is 0 Å².